The maximum Gasteiger partial charge on any atom is 0.223 e. The van der Waals surface area contributed by atoms with E-state index in [1.807, 2.05) is 23.1 Å². The van der Waals surface area contributed by atoms with Gasteiger partial charge in [0.25, 0.3) is 0 Å². The average Bonchev–Trinajstić information content (AvgIpc) is 3.28. The highest BCUT2D eigenvalue weighted by Gasteiger charge is 2.29. The van der Waals surface area contributed by atoms with E-state index in [9.17, 15) is 4.79 Å². The third-order valence-corrected chi connectivity index (χ3v) is 6.07. The van der Waals surface area contributed by atoms with E-state index in [1.54, 1.807) is 11.3 Å². The van der Waals surface area contributed by atoms with Gasteiger partial charge in [0.05, 0.1) is 6.54 Å². The van der Waals surface area contributed by atoms with E-state index in [0.717, 1.165) is 38.6 Å². The zero-order valence-corrected chi connectivity index (χ0v) is 17.6. The van der Waals surface area contributed by atoms with E-state index in [2.05, 4.69) is 48.1 Å². The second-order valence-electron chi connectivity index (χ2n) is 7.25. The lowest BCUT2D eigenvalue weighted by molar-refractivity contribution is -0.127. The van der Waals surface area contributed by atoms with E-state index >= 15 is 0 Å². The van der Waals surface area contributed by atoms with Gasteiger partial charge in [-0.05, 0) is 42.8 Å². The quantitative estimate of drug-likeness (QED) is 0.530. The number of carbonyl (C=O) groups excluding carboxylic acids is 1. The van der Waals surface area contributed by atoms with Crippen LogP contribution in [0.1, 0.15) is 29.3 Å². The van der Waals surface area contributed by atoms with Gasteiger partial charge < -0.3 is 15.5 Å². The summed E-state index contributed by atoms with van der Waals surface area (Å²) in [4.78, 5) is 20.3. The molecule has 1 fully saturated rings. The fraction of sp³-hybridized carbons (Fsp3) is 0.455. The minimum absolute atomic E-state index is 0.263. The molecule has 5 nitrogen and oxygen atoms in total. The Hall–Kier alpha value is -2.34. The molecule has 1 atom stereocenters. The number of nitrogens with one attached hydrogen (secondary N) is 2. The van der Waals surface area contributed by atoms with Crippen molar-refractivity contribution >= 4 is 23.2 Å². The number of amides is 1. The van der Waals surface area contributed by atoms with E-state index in [-0.39, 0.29) is 5.91 Å². The van der Waals surface area contributed by atoms with Crippen molar-refractivity contribution in [2.45, 2.75) is 33.2 Å². The number of hydrogen-bond acceptors (Lipinski definition) is 3. The molecule has 1 unspecified atom stereocenters. The second kappa shape index (κ2) is 10.3. The molecule has 150 valence electrons. The van der Waals surface area contributed by atoms with Crippen molar-refractivity contribution in [1.82, 2.24) is 15.5 Å². The molecule has 0 spiro atoms. The van der Waals surface area contributed by atoms with Crippen molar-refractivity contribution in [3.05, 3.63) is 57.8 Å². The predicted molar refractivity (Wildman–Crippen MR) is 117 cm³/mol. The van der Waals surface area contributed by atoms with Gasteiger partial charge in [-0.25, -0.2) is 4.99 Å². The summed E-state index contributed by atoms with van der Waals surface area (Å²) in [7, 11) is 0. The second-order valence-corrected chi connectivity index (χ2v) is 8.25. The topological polar surface area (TPSA) is 56.7 Å². The minimum atomic E-state index is 0.263. The normalized spacial score (nSPS) is 17.2. The molecule has 0 radical (unpaired) electrons. The summed E-state index contributed by atoms with van der Waals surface area (Å²) in [6, 6.07) is 12.5. The monoisotopic (exact) mass is 398 g/mol. The molecule has 0 bridgehead atoms. The van der Waals surface area contributed by atoms with E-state index < -0.39 is 0 Å². The third kappa shape index (κ3) is 5.83. The van der Waals surface area contributed by atoms with E-state index in [0.29, 0.717) is 18.9 Å². The van der Waals surface area contributed by atoms with Crippen LogP contribution in [0.2, 0.25) is 0 Å². The molecule has 1 aliphatic heterocycles. The van der Waals surface area contributed by atoms with Gasteiger partial charge in [0, 0.05) is 43.4 Å². The van der Waals surface area contributed by atoms with Gasteiger partial charge in [-0.3, -0.25) is 4.79 Å². The number of guanidine groups is 1. The van der Waals surface area contributed by atoms with Gasteiger partial charge in [0.1, 0.15) is 0 Å². The van der Waals surface area contributed by atoms with Crippen LogP contribution in [-0.2, 0) is 17.8 Å². The zero-order chi connectivity index (χ0) is 19.8. The lowest BCUT2D eigenvalue weighted by Crippen LogP contribution is -2.40. The third-order valence-electron chi connectivity index (χ3n) is 5.06. The lowest BCUT2D eigenvalue weighted by atomic mass is 10.1. The maximum atomic E-state index is 12.3. The van der Waals surface area contributed by atoms with Crippen molar-refractivity contribution in [3.8, 4) is 0 Å². The highest BCUT2D eigenvalue weighted by molar-refractivity contribution is 7.10. The average molecular weight is 399 g/mol. The van der Waals surface area contributed by atoms with E-state index in [4.69, 9.17) is 4.99 Å². The number of nitrogens with zero attached hydrogens (tertiary/aromatic N) is 2. The fourth-order valence-corrected chi connectivity index (χ4v) is 4.24. The molecule has 2 aromatic rings. The van der Waals surface area contributed by atoms with Crippen LogP contribution in [0.25, 0.3) is 0 Å². The van der Waals surface area contributed by atoms with Crippen LogP contribution in [0, 0.1) is 12.8 Å². The number of carbonyl (C=O) groups is 1. The summed E-state index contributed by atoms with van der Waals surface area (Å²) in [6.45, 7) is 8.08. The van der Waals surface area contributed by atoms with Crippen LogP contribution in [0.5, 0.6) is 0 Å². The Morgan fingerprint density at radius 1 is 1.25 bits per heavy atom. The van der Waals surface area contributed by atoms with Gasteiger partial charge >= 0.3 is 0 Å². The highest BCUT2D eigenvalue weighted by atomic mass is 32.1. The Morgan fingerprint density at radius 3 is 2.79 bits per heavy atom. The van der Waals surface area contributed by atoms with Gasteiger partial charge in [-0.2, -0.15) is 0 Å². The summed E-state index contributed by atoms with van der Waals surface area (Å²) in [6.07, 6.45) is 1.53. The van der Waals surface area contributed by atoms with Crippen LogP contribution >= 0.6 is 11.3 Å². The molecule has 2 N–H and O–H groups in total. The minimum Gasteiger partial charge on any atom is -0.357 e. The SMILES string of the molecule is CCNC(=NCc1sccc1C)NCC1CC(=O)N(CCc2ccccc2)C1. The summed E-state index contributed by atoms with van der Waals surface area (Å²) < 4.78 is 0. The fourth-order valence-electron chi connectivity index (χ4n) is 3.42. The molecule has 3 rings (SSSR count). The smallest absolute Gasteiger partial charge is 0.223 e. The molecular formula is C22H30N4OS. The van der Waals surface area contributed by atoms with Gasteiger partial charge in [-0.1, -0.05) is 30.3 Å². The van der Waals surface area contributed by atoms with Crippen molar-refractivity contribution in [1.29, 1.82) is 0 Å². The Kier molecular flexibility index (Phi) is 7.48. The molecule has 2 heterocycles. The number of likely N-dealkylation sites (tertiary alicyclic amines) is 1. The number of aliphatic imine (C=N–C) groups is 1. The summed E-state index contributed by atoms with van der Waals surface area (Å²) in [5, 5.41) is 8.83. The van der Waals surface area contributed by atoms with Crippen LogP contribution in [0.15, 0.2) is 46.8 Å². The van der Waals surface area contributed by atoms with Gasteiger partial charge in [-0.15, -0.1) is 11.3 Å². The maximum absolute atomic E-state index is 12.3. The number of hydrogen-bond donors (Lipinski definition) is 2. The first-order chi connectivity index (χ1) is 13.7. The molecular weight excluding hydrogens is 368 g/mol. The van der Waals surface area contributed by atoms with Crippen molar-refractivity contribution in [2.24, 2.45) is 10.9 Å². The molecule has 28 heavy (non-hydrogen) atoms. The standard InChI is InChI=1S/C22H30N4OS/c1-3-23-22(25-15-20-17(2)10-12-28-20)24-14-19-13-21(27)26(16-19)11-9-18-7-5-4-6-8-18/h4-8,10,12,19H,3,9,11,13-16H2,1-2H3,(H2,23,24,25). The predicted octanol–water partition coefficient (Wildman–Crippen LogP) is 3.20. The molecule has 1 aliphatic rings. The first-order valence-electron chi connectivity index (χ1n) is 10.0. The largest absolute Gasteiger partial charge is 0.357 e. The zero-order valence-electron chi connectivity index (χ0n) is 16.8. The number of aryl methyl sites for hydroxylation is 1. The molecule has 0 aliphatic carbocycles. The van der Waals surface area contributed by atoms with Crippen molar-refractivity contribution < 1.29 is 4.79 Å². The van der Waals surface area contributed by atoms with E-state index in [1.165, 1.54) is 16.0 Å². The van der Waals surface area contributed by atoms with Gasteiger partial charge in [0.2, 0.25) is 5.91 Å². The van der Waals surface area contributed by atoms with Crippen molar-refractivity contribution in [3.63, 3.8) is 0 Å². The Labute approximate surface area is 171 Å². The summed E-state index contributed by atoms with van der Waals surface area (Å²) >= 11 is 1.74. The Morgan fingerprint density at radius 2 is 2.07 bits per heavy atom. The van der Waals surface area contributed by atoms with Gasteiger partial charge in [0.15, 0.2) is 5.96 Å². The number of rotatable bonds is 8. The number of thiophene rings is 1. The van der Waals surface area contributed by atoms with Crippen LogP contribution < -0.4 is 10.6 Å². The first kappa shape index (κ1) is 20.4. The van der Waals surface area contributed by atoms with Crippen LogP contribution in [0.4, 0.5) is 0 Å². The summed E-state index contributed by atoms with van der Waals surface area (Å²) in [5.74, 6) is 1.42. The number of benzene rings is 1. The first-order valence-corrected chi connectivity index (χ1v) is 10.9. The van der Waals surface area contributed by atoms with Crippen LogP contribution in [-0.4, -0.2) is 42.9 Å². The molecule has 6 heteroatoms. The molecule has 1 saturated heterocycles. The molecule has 0 saturated carbocycles. The lowest BCUT2D eigenvalue weighted by Gasteiger charge is -2.18. The Bertz CT molecular complexity index is 787. The van der Waals surface area contributed by atoms with Crippen molar-refractivity contribution in [2.75, 3.05) is 26.2 Å². The molecule has 1 amide bonds. The highest BCUT2D eigenvalue weighted by Crippen LogP contribution is 2.18. The van der Waals surface area contributed by atoms with Crippen LogP contribution in [0.3, 0.4) is 0 Å². The molecule has 1 aromatic heterocycles. The summed E-state index contributed by atoms with van der Waals surface area (Å²) in [5.41, 5.74) is 2.57. The Balaban J connectivity index is 1.47. The molecule has 1 aromatic carbocycles.